The molecule has 0 unspecified atom stereocenters. The van der Waals surface area contributed by atoms with E-state index in [2.05, 4.69) is 5.32 Å². The Morgan fingerprint density at radius 2 is 1.60 bits per heavy atom. The fourth-order valence-electron chi connectivity index (χ4n) is 3.99. The number of rotatable bonds is 13. The van der Waals surface area contributed by atoms with Crippen molar-refractivity contribution >= 4 is 27.5 Å². The van der Waals surface area contributed by atoms with Crippen LogP contribution in [0.5, 0.6) is 0 Å². The Morgan fingerprint density at radius 1 is 0.971 bits per heavy atom. The van der Waals surface area contributed by atoms with Crippen molar-refractivity contribution in [3.8, 4) is 0 Å². The van der Waals surface area contributed by atoms with Crippen molar-refractivity contribution in [1.29, 1.82) is 0 Å². The van der Waals surface area contributed by atoms with Gasteiger partial charge in [0.25, 0.3) is 0 Å². The molecule has 0 aliphatic carbocycles. The zero-order chi connectivity index (χ0) is 26.0. The quantitative estimate of drug-likeness (QED) is 0.451. The molecule has 35 heavy (non-hydrogen) atoms. The van der Waals surface area contributed by atoms with Crippen LogP contribution >= 0.6 is 0 Å². The Kier molecular flexibility index (Phi) is 10.8. The molecule has 0 radical (unpaired) electrons. The van der Waals surface area contributed by atoms with Gasteiger partial charge >= 0.3 is 0 Å². The number of sulfonamides is 1. The molecular formula is C27H39N3O4S. The Balaban J connectivity index is 2.14. The summed E-state index contributed by atoms with van der Waals surface area (Å²) in [6, 6.07) is 16.5. The highest BCUT2D eigenvalue weighted by Crippen LogP contribution is 2.19. The third-order valence-corrected chi connectivity index (χ3v) is 6.97. The standard InChI is InChI=1S/C27H39N3O4S/c1-6-25(27(32)28-21(2)3)29(20-18-23-11-8-7-9-12-23)26(31)13-10-19-30(35(5,33)34)24-16-14-22(4)15-17-24/h7-9,11-12,14-17,21,25H,6,10,13,18-20H2,1-5H3,(H,28,32)/t25-/m1/s1. The Bertz CT molecular complexity index is 1050. The van der Waals surface area contributed by atoms with Crippen LogP contribution in [-0.2, 0) is 26.0 Å². The summed E-state index contributed by atoms with van der Waals surface area (Å²) in [5, 5.41) is 2.93. The maximum absolute atomic E-state index is 13.3. The smallest absolute Gasteiger partial charge is 0.242 e. The number of amides is 2. The molecule has 0 aliphatic rings. The molecule has 2 aromatic rings. The zero-order valence-electron chi connectivity index (χ0n) is 21.5. The van der Waals surface area contributed by atoms with Crippen molar-refractivity contribution in [1.82, 2.24) is 10.2 Å². The first-order valence-corrected chi connectivity index (χ1v) is 14.1. The maximum atomic E-state index is 13.3. The molecule has 1 N–H and O–H groups in total. The molecule has 7 nitrogen and oxygen atoms in total. The van der Waals surface area contributed by atoms with E-state index in [9.17, 15) is 18.0 Å². The number of anilines is 1. The molecule has 1 atom stereocenters. The first-order chi connectivity index (χ1) is 16.5. The second-order valence-electron chi connectivity index (χ2n) is 9.18. The average molecular weight is 502 g/mol. The van der Waals surface area contributed by atoms with E-state index in [-0.39, 0.29) is 30.8 Å². The summed E-state index contributed by atoms with van der Waals surface area (Å²) in [6.07, 6.45) is 2.81. The number of benzene rings is 2. The predicted octanol–water partition coefficient (Wildman–Crippen LogP) is 3.92. The van der Waals surface area contributed by atoms with Gasteiger partial charge in [-0.05, 0) is 57.7 Å². The van der Waals surface area contributed by atoms with Gasteiger partial charge in [-0.2, -0.15) is 0 Å². The van der Waals surface area contributed by atoms with E-state index in [0.717, 1.165) is 11.1 Å². The first kappa shape index (κ1) is 28.4. The van der Waals surface area contributed by atoms with Gasteiger partial charge in [0, 0.05) is 25.6 Å². The summed E-state index contributed by atoms with van der Waals surface area (Å²) < 4.78 is 26.2. The molecule has 0 heterocycles. The normalized spacial score (nSPS) is 12.3. The van der Waals surface area contributed by atoms with Crippen LogP contribution < -0.4 is 9.62 Å². The minimum Gasteiger partial charge on any atom is -0.352 e. The van der Waals surface area contributed by atoms with Crippen molar-refractivity contribution in [2.45, 2.75) is 65.5 Å². The van der Waals surface area contributed by atoms with Crippen LogP contribution in [0.1, 0.15) is 51.2 Å². The monoisotopic (exact) mass is 501 g/mol. The molecule has 2 amide bonds. The number of carbonyl (C=O) groups is 2. The highest BCUT2D eigenvalue weighted by Gasteiger charge is 2.28. The number of hydrogen-bond donors (Lipinski definition) is 1. The largest absolute Gasteiger partial charge is 0.352 e. The SMILES string of the molecule is CC[C@H](C(=O)NC(C)C)N(CCc1ccccc1)C(=O)CCCN(c1ccc(C)cc1)S(C)(=O)=O. The molecule has 0 spiro atoms. The van der Waals surface area contributed by atoms with Crippen LogP contribution in [0.3, 0.4) is 0 Å². The highest BCUT2D eigenvalue weighted by atomic mass is 32.2. The minimum atomic E-state index is -3.50. The third-order valence-electron chi connectivity index (χ3n) is 5.78. The molecule has 0 saturated heterocycles. The molecule has 0 aromatic heterocycles. The van der Waals surface area contributed by atoms with Crippen molar-refractivity contribution < 1.29 is 18.0 Å². The lowest BCUT2D eigenvalue weighted by Gasteiger charge is -2.31. The Labute approximate surface area is 210 Å². The van der Waals surface area contributed by atoms with Crippen LogP contribution in [0.25, 0.3) is 0 Å². The summed E-state index contributed by atoms with van der Waals surface area (Å²) in [4.78, 5) is 27.9. The zero-order valence-corrected chi connectivity index (χ0v) is 22.3. The van der Waals surface area contributed by atoms with E-state index in [4.69, 9.17) is 0 Å². The van der Waals surface area contributed by atoms with E-state index in [0.29, 0.717) is 31.5 Å². The lowest BCUT2D eigenvalue weighted by atomic mass is 10.1. The fraction of sp³-hybridized carbons (Fsp3) is 0.481. The van der Waals surface area contributed by atoms with Crippen molar-refractivity contribution in [3.05, 3.63) is 65.7 Å². The van der Waals surface area contributed by atoms with Crippen molar-refractivity contribution in [2.24, 2.45) is 0 Å². The summed E-state index contributed by atoms with van der Waals surface area (Å²) in [5.41, 5.74) is 2.71. The summed E-state index contributed by atoms with van der Waals surface area (Å²) in [7, 11) is -3.50. The molecule has 192 valence electrons. The lowest BCUT2D eigenvalue weighted by molar-refractivity contribution is -0.141. The average Bonchev–Trinajstić information content (AvgIpc) is 2.79. The Hall–Kier alpha value is -2.87. The summed E-state index contributed by atoms with van der Waals surface area (Å²) in [5.74, 6) is -0.314. The van der Waals surface area contributed by atoms with E-state index >= 15 is 0 Å². The van der Waals surface area contributed by atoms with Crippen LogP contribution in [-0.4, -0.2) is 56.6 Å². The molecular weight excluding hydrogens is 462 g/mol. The Morgan fingerprint density at radius 3 is 2.14 bits per heavy atom. The van der Waals surface area contributed by atoms with Gasteiger partial charge in [-0.25, -0.2) is 8.42 Å². The van der Waals surface area contributed by atoms with Gasteiger partial charge in [-0.3, -0.25) is 13.9 Å². The van der Waals surface area contributed by atoms with Crippen molar-refractivity contribution in [2.75, 3.05) is 23.7 Å². The van der Waals surface area contributed by atoms with Crippen LogP contribution in [0.15, 0.2) is 54.6 Å². The second kappa shape index (κ2) is 13.3. The number of carbonyl (C=O) groups excluding carboxylic acids is 2. The van der Waals surface area contributed by atoms with Gasteiger partial charge in [0.2, 0.25) is 21.8 Å². The fourth-order valence-corrected chi connectivity index (χ4v) is 4.96. The molecule has 2 rings (SSSR count). The van der Waals surface area contributed by atoms with Crippen LogP contribution in [0, 0.1) is 6.92 Å². The van der Waals surface area contributed by atoms with Gasteiger partial charge < -0.3 is 10.2 Å². The maximum Gasteiger partial charge on any atom is 0.242 e. The number of nitrogens with zero attached hydrogens (tertiary/aromatic N) is 2. The summed E-state index contributed by atoms with van der Waals surface area (Å²) in [6.45, 7) is 8.24. The minimum absolute atomic E-state index is 0.0274. The van der Waals surface area contributed by atoms with Crippen LogP contribution in [0.2, 0.25) is 0 Å². The molecule has 2 aromatic carbocycles. The van der Waals surface area contributed by atoms with E-state index in [1.165, 1.54) is 10.6 Å². The summed E-state index contributed by atoms with van der Waals surface area (Å²) >= 11 is 0. The van der Waals surface area contributed by atoms with E-state index in [1.807, 2.05) is 70.2 Å². The van der Waals surface area contributed by atoms with Gasteiger partial charge in [0.05, 0.1) is 11.9 Å². The number of hydrogen-bond acceptors (Lipinski definition) is 4. The van der Waals surface area contributed by atoms with Gasteiger partial charge in [0.1, 0.15) is 6.04 Å². The van der Waals surface area contributed by atoms with E-state index in [1.54, 1.807) is 17.0 Å². The van der Waals surface area contributed by atoms with Gasteiger partial charge in [-0.15, -0.1) is 0 Å². The molecule has 8 heteroatoms. The molecule has 0 aliphatic heterocycles. The lowest BCUT2D eigenvalue weighted by Crippen LogP contribution is -2.51. The van der Waals surface area contributed by atoms with Crippen LogP contribution in [0.4, 0.5) is 5.69 Å². The van der Waals surface area contributed by atoms with Crippen molar-refractivity contribution in [3.63, 3.8) is 0 Å². The highest BCUT2D eigenvalue weighted by molar-refractivity contribution is 7.92. The molecule has 0 bridgehead atoms. The second-order valence-corrected chi connectivity index (χ2v) is 11.1. The molecule has 0 fully saturated rings. The van der Waals surface area contributed by atoms with Gasteiger partial charge in [-0.1, -0.05) is 55.0 Å². The van der Waals surface area contributed by atoms with Gasteiger partial charge in [0.15, 0.2) is 0 Å². The van der Waals surface area contributed by atoms with E-state index < -0.39 is 16.1 Å². The molecule has 0 saturated carbocycles. The first-order valence-electron chi connectivity index (χ1n) is 12.2. The number of nitrogens with one attached hydrogen (secondary N) is 1. The topological polar surface area (TPSA) is 86.8 Å². The number of aryl methyl sites for hydroxylation is 1. The predicted molar refractivity (Wildman–Crippen MR) is 142 cm³/mol. The third kappa shape index (κ3) is 9.02.